The maximum absolute atomic E-state index is 9.58. The molecular weight excluding hydrogens is 240 g/mol. The lowest BCUT2D eigenvalue weighted by Gasteiger charge is -2.22. The Bertz CT molecular complexity index is 565. The van der Waals surface area contributed by atoms with Crippen molar-refractivity contribution in [3.05, 3.63) is 30.5 Å². The number of nitrogens with zero attached hydrogens (tertiary/aromatic N) is 1. The van der Waals surface area contributed by atoms with Gasteiger partial charge in [-0.1, -0.05) is 6.07 Å². The third-order valence-corrected chi connectivity index (χ3v) is 3.63. The first-order chi connectivity index (χ1) is 9.33. The summed E-state index contributed by atoms with van der Waals surface area (Å²) in [5, 5.41) is 14.8. The van der Waals surface area contributed by atoms with Crippen molar-refractivity contribution >= 4 is 10.8 Å². The van der Waals surface area contributed by atoms with E-state index in [1.165, 1.54) is 0 Å². The zero-order valence-corrected chi connectivity index (χ0v) is 10.8. The summed E-state index contributed by atoms with van der Waals surface area (Å²) in [5.74, 6) is 1.45. The van der Waals surface area contributed by atoms with Crippen LogP contribution in [-0.4, -0.2) is 29.8 Å². The van der Waals surface area contributed by atoms with Crippen molar-refractivity contribution in [3.63, 3.8) is 0 Å². The van der Waals surface area contributed by atoms with E-state index < -0.39 is 0 Å². The molecule has 0 spiro atoms. The van der Waals surface area contributed by atoms with E-state index >= 15 is 0 Å². The van der Waals surface area contributed by atoms with Crippen LogP contribution in [0.5, 0.6) is 11.6 Å². The molecule has 4 heteroatoms. The number of hydrogen-bond donors (Lipinski definition) is 2. The molecule has 100 valence electrons. The Morgan fingerprint density at radius 2 is 2.11 bits per heavy atom. The topological polar surface area (TPSA) is 54.4 Å². The molecule has 1 aliphatic rings. The standard InChI is InChI=1S/C15H18N2O2/c18-13-2-1-12-5-8-17-15(14(12)9-13)19-10-11-3-6-16-7-4-11/h1-2,5,8-9,11,16,18H,3-4,6-7,10H2. The number of phenols is 1. The van der Waals surface area contributed by atoms with Crippen LogP contribution in [0.25, 0.3) is 10.8 Å². The number of benzene rings is 1. The van der Waals surface area contributed by atoms with Crippen molar-refractivity contribution in [2.24, 2.45) is 5.92 Å². The molecular formula is C15H18N2O2. The predicted octanol–water partition coefficient (Wildman–Crippen LogP) is 2.32. The molecule has 1 saturated heterocycles. The fourth-order valence-corrected chi connectivity index (χ4v) is 2.49. The molecule has 4 nitrogen and oxygen atoms in total. The van der Waals surface area contributed by atoms with Crippen molar-refractivity contribution in [1.82, 2.24) is 10.3 Å². The van der Waals surface area contributed by atoms with Crippen LogP contribution < -0.4 is 10.1 Å². The Morgan fingerprint density at radius 1 is 1.26 bits per heavy atom. The van der Waals surface area contributed by atoms with Crippen LogP contribution >= 0.6 is 0 Å². The van der Waals surface area contributed by atoms with E-state index in [1.807, 2.05) is 12.1 Å². The molecule has 0 saturated carbocycles. The van der Waals surface area contributed by atoms with Gasteiger partial charge in [0.05, 0.1) is 6.61 Å². The van der Waals surface area contributed by atoms with Gasteiger partial charge in [-0.15, -0.1) is 0 Å². The largest absolute Gasteiger partial charge is 0.508 e. The minimum absolute atomic E-state index is 0.243. The minimum atomic E-state index is 0.243. The fraction of sp³-hybridized carbons (Fsp3) is 0.400. The highest BCUT2D eigenvalue weighted by atomic mass is 16.5. The second-order valence-corrected chi connectivity index (χ2v) is 5.03. The van der Waals surface area contributed by atoms with Gasteiger partial charge in [0.2, 0.25) is 5.88 Å². The van der Waals surface area contributed by atoms with E-state index in [0.29, 0.717) is 18.4 Å². The molecule has 3 rings (SSSR count). The van der Waals surface area contributed by atoms with E-state index in [1.54, 1.807) is 18.3 Å². The third-order valence-electron chi connectivity index (χ3n) is 3.63. The number of phenolic OH excluding ortho intramolecular Hbond substituents is 1. The predicted molar refractivity (Wildman–Crippen MR) is 74.5 cm³/mol. The molecule has 0 unspecified atom stereocenters. The van der Waals surface area contributed by atoms with E-state index in [9.17, 15) is 5.11 Å². The smallest absolute Gasteiger partial charge is 0.221 e. The molecule has 0 bridgehead atoms. The fourth-order valence-electron chi connectivity index (χ4n) is 2.49. The minimum Gasteiger partial charge on any atom is -0.508 e. The number of nitrogens with one attached hydrogen (secondary N) is 1. The van der Waals surface area contributed by atoms with Crippen LogP contribution in [0.15, 0.2) is 30.5 Å². The normalized spacial score (nSPS) is 16.6. The number of hydrogen-bond acceptors (Lipinski definition) is 4. The van der Waals surface area contributed by atoms with Crippen LogP contribution in [0.3, 0.4) is 0 Å². The Labute approximate surface area is 112 Å². The van der Waals surface area contributed by atoms with Gasteiger partial charge in [-0.3, -0.25) is 0 Å². The molecule has 1 aromatic carbocycles. The second kappa shape index (κ2) is 5.45. The van der Waals surface area contributed by atoms with Gasteiger partial charge in [0.1, 0.15) is 5.75 Å². The van der Waals surface area contributed by atoms with E-state index in [0.717, 1.165) is 36.7 Å². The van der Waals surface area contributed by atoms with Gasteiger partial charge in [0, 0.05) is 11.6 Å². The van der Waals surface area contributed by atoms with Crippen molar-refractivity contribution in [2.75, 3.05) is 19.7 Å². The number of pyridine rings is 1. The van der Waals surface area contributed by atoms with Crippen LogP contribution in [-0.2, 0) is 0 Å². The number of piperidine rings is 1. The van der Waals surface area contributed by atoms with Crippen LogP contribution in [0, 0.1) is 5.92 Å². The molecule has 1 fully saturated rings. The van der Waals surface area contributed by atoms with Crippen LogP contribution in [0.4, 0.5) is 0 Å². The molecule has 2 N–H and O–H groups in total. The lowest BCUT2D eigenvalue weighted by atomic mass is 9.99. The zero-order chi connectivity index (χ0) is 13.1. The third kappa shape index (κ3) is 2.79. The first-order valence-electron chi connectivity index (χ1n) is 6.74. The zero-order valence-electron chi connectivity index (χ0n) is 10.8. The van der Waals surface area contributed by atoms with Gasteiger partial charge in [-0.25, -0.2) is 4.98 Å². The molecule has 0 radical (unpaired) electrons. The van der Waals surface area contributed by atoms with E-state index in [-0.39, 0.29) is 5.75 Å². The molecule has 0 atom stereocenters. The maximum atomic E-state index is 9.58. The second-order valence-electron chi connectivity index (χ2n) is 5.03. The van der Waals surface area contributed by atoms with Crippen molar-refractivity contribution < 1.29 is 9.84 Å². The van der Waals surface area contributed by atoms with Crippen molar-refractivity contribution in [1.29, 1.82) is 0 Å². The number of aromatic nitrogens is 1. The summed E-state index contributed by atoms with van der Waals surface area (Å²) >= 11 is 0. The Hall–Kier alpha value is -1.81. The highest BCUT2D eigenvalue weighted by Crippen LogP contribution is 2.27. The summed E-state index contributed by atoms with van der Waals surface area (Å²) < 4.78 is 5.86. The Morgan fingerprint density at radius 3 is 2.95 bits per heavy atom. The Balaban J connectivity index is 1.78. The summed E-state index contributed by atoms with van der Waals surface area (Å²) in [5.41, 5.74) is 0. The van der Waals surface area contributed by atoms with Crippen molar-refractivity contribution in [2.45, 2.75) is 12.8 Å². The highest BCUT2D eigenvalue weighted by Gasteiger charge is 2.14. The van der Waals surface area contributed by atoms with Gasteiger partial charge in [0.15, 0.2) is 0 Å². The van der Waals surface area contributed by atoms with Crippen molar-refractivity contribution in [3.8, 4) is 11.6 Å². The summed E-state index contributed by atoms with van der Waals surface area (Å²) in [6, 6.07) is 7.19. The molecule has 19 heavy (non-hydrogen) atoms. The molecule has 1 aromatic heterocycles. The highest BCUT2D eigenvalue weighted by molar-refractivity contribution is 5.87. The molecule has 2 aromatic rings. The average Bonchev–Trinajstić information content (AvgIpc) is 2.46. The summed E-state index contributed by atoms with van der Waals surface area (Å²) in [7, 11) is 0. The number of fused-ring (bicyclic) bond motifs is 1. The van der Waals surface area contributed by atoms with E-state index in [2.05, 4.69) is 10.3 Å². The SMILES string of the molecule is Oc1ccc2ccnc(OCC3CCNCC3)c2c1. The summed E-state index contributed by atoms with van der Waals surface area (Å²) in [6.07, 6.45) is 4.04. The monoisotopic (exact) mass is 258 g/mol. The number of aromatic hydroxyl groups is 1. The van der Waals surface area contributed by atoms with E-state index in [4.69, 9.17) is 4.74 Å². The van der Waals surface area contributed by atoms with Gasteiger partial charge < -0.3 is 15.2 Å². The lowest BCUT2D eigenvalue weighted by molar-refractivity contribution is 0.211. The van der Waals surface area contributed by atoms with Gasteiger partial charge in [-0.2, -0.15) is 0 Å². The first-order valence-corrected chi connectivity index (χ1v) is 6.74. The number of rotatable bonds is 3. The molecule has 0 aliphatic carbocycles. The number of ether oxygens (including phenoxy) is 1. The first kappa shape index (κ1) is 12.2. The van der Waals surface area contributed by atoms with Crippen LogP contribution in [0.2, 0.25) is 0 Å². The van der Waals surface area contributed by atoms with Gasteiger partial charge in [-0.05, 0) is 55.4 Å². The van der Waals surface area contributed by atoms with Gasteiger partial charge >= 0.3 is 0 Å². The molecule has 2 heterocycles. The van der Waals surface area contributed by atoms with Crippen LogP contribution in [0.1, 0.15) is 12.8 Å². The molecule has 1 aliphatic heterocycles. The summed E-state index contributed by atoms with van der Waals surface area (Å²) in [4.78, 5) is 4.28. The lowest BCUT2D eigenvalue weighted by Crippen LogP contribution is -2.30. The molecule has 0 amide bonds. The average molecular weight is 258 g/mol. The maximum Gasteiger partial charge on any atom is 0.221 e. The summed E-state index contributed by atoms with van der Waals surface area (Å²) in [6.45, 7) is 2.83. The quantitative estimate of drug-likeness (QED) is 0.887. The van der Waals surface area contributed by atoms with Gasteiger partial charge in [0.25, 0.3) is 0 Å². The Kier molecular flexibility index (Phi) is 3.51.